The Balaban J connectivity index is 1.73. The van der Waals surface area contributed by atoms with Crippen LogP contribution in [0.3, 0.4) is 0 Å². The number of benzene rings is 1. The van der Waals surface area contributed by atoms with Crippen molar-refractivity contribution < 1.29 is 14.6 Å². The van der Waals surface area contributed by atoms with Crippen molar-refractivity contribution in [2.24, 2.45) is 0 Å². The Labute approximate surface area is 114 Å². The summed E-state index contributed by atoms with van der Waals surface area (Å²) in [7, 11) is 0. The van der Waals surface area contributed by atoms with Gasteiger partial charge in [0.05, 0.1) is 13.2 Å². The molecule has 0 aromatic heterocycles. The summed E-state index contributed by atoms with van der Waals surface area (Å²) in [5.41, 5.74) is 0.496. The highest BCUT2D eigenvalue weighted by Gasteiger charge is 2.31. The summed E-state index contributed by atoms with van der Waals surface area (Å²) in [6, 6.07) is 8.07. The minimum atomic E-state index is -0.690. The summed E-state index contributed by atoms with van der Waals surface area (Å²) in [6.45, 7) is 5.25. The van der Waals surface area contributed by atoms with E-state index in [2.05, 4.69) is 12.2 Å². The molecule has 0 aliphatic carbocycles. The molecule has 1 aliphatic heterocycles. The van der Waals surface area contributed by atoms with Crippen LogP contribution in [0.2, 0.25) is 0 Å². The molecule has 1 aromatic carbocycles. The highest BCUT2D eigenvalue weighted by atomic mass is 16.5. The molecule has 1 atom stereocenters. The molecule has 2 N–H and O–H groups in total. The molecule has 2 rings (SSSR count). The Kier molecular flexibility index (Phi) is 5.19. The lowest BCUT2D eigenvalue weighted by Gasteiger charge is -2.20. The first-order valence-electron chi connectivity index (χ1n) is 6.94. The van der Waals surface area contributed by atoms with Crippen LogP contribution in [0.25, 0.3) is 0 Å². The molecule has 4 nitrogen and oxygen atoms in total. The lowest BCUT2D eigenvalue weighted by molar-refractivity contribution is 0.0268. The lowest BCUT2D eigenvalue weighted by Crippen LogP contribution is -2.40. The van der Waals surface area contributed by atoms with Gasteiger partial charge in [-0.1, -0.05) is 19.1 Å². The second kappa shape index (κ2) is 6.89. The lowest BCUT2D eigenvalue weighted by atomic mass is 10.0. The van der Waals surface area contributed by atoms with E-state index in [4.69, 9.17) is 9.47 Å². The standard InChI is InChI=1S/C15H23NO3/c1-2-8-19-14-5-3-13(4-6-14)10-16-11-15(17)7-9-18-12-15/h3-6,16-17H,2,7-12H2,1H3. The van der Waals surface area contributed by atoms with Crippen LogP contribution in [-0.2, 0) is 11.3 Å². The Hall–Kier alpha value is -1.10. The van der Waals surface area contributed by atoms with Crippen LogP contribution in [0.4, 0.5) is 0 Å². The summed E-state index contributed by atoms with van der Waals surface area (Å²) in [5.74, 6) is 0.911. The number of ether oxygens (including phenoxy) is 2. The van der Waals surface area contributed by atoms with Crippen molar-refractivity contribution in [3.8, 4) is 5.75 Å². The van der Waals surface area contributed by atoms with Crippen molar-refractivity contribution in [1.29, 1.82) is 0 Å². The predicted molar refractivity (Wildman–Crippen MR) is 74.3 cm³/mol. The molecule has 19 heavy (non-hydrogen) atoms. The first kappa shape index (κ1) is 14.3. The largest absolute Gasteiger partial charge is 0.494 e. The number of hydrogen-bond acceptors (Lipinski definition) is 4. The molecule has 106 valence electrons. The normalized spacial score (nSPS) is 22.6. The minimum Gasteiger partial charge on any atom is -0.494 e. The number of aliphatic hydroxyl groups is 1. The second-order valence-electron chi connectivity index (χ2n) is 5.12. The van der Waals surface area contributed by atoms with E-state index < -0.39 is 5.60 Å². The van der Waals surface area contributed by atoms with E-state index in [-0.39, 0.29) is 0 Å². The van der Waals surface area contributed by atoms with Gasteiger partial charge in [0, 0.05) is 26.1 Å². The fraction of sp³-hybridized carbons (Fsp3) is 0.600. The van der Waals surface area contributed by atoms with Crippen molar-refractivity contribution in [2.75, 3.05) is 26.4 Å². The van der Waals surface area contributed by atoms with Gasteiger partial charge in [0.25, 0.3) is 0 Å². The molecule has 0 spiro atoms. The fourth-order valence-electron chi connectivity index (χ4n) is 2.10. The van der Waals surface area contributed by atoms with Crippen molar-refractivity contribution in [2.45, 2.75) is 31.9 Å². The van der Waals surface area contributed by atoms with Gasteiger partial charge in [0.1, 0.15) is 11.4 Å². The molecular weight excluding hydrogens is 242 g/mol. The second-order valence-corrected chi connectivity index (χ2v) is 5.12. The number of nitrogens with one attached hydrogen (secondary N) is 1. The Morgan fingerprint density at radius 2 is 2.16 bits per heavy atom. The van der Waals surface area contributed by atoms with Crippen molar-refractivity contribution in [3.63, 3.8) is 0 Å². The molecular formula is C15H23NO3. The number of rotatable bonds is 7. The molecule has 1 aliphatic rings. The van der Waals surface area contributed by atoms with Crippen LogP contribution < -0.4 is 10.1 Å². The minimum absolute atomic E-state index is 0.434. The van der Waals surface area contributed by atoms with Crippen LogP contribution in [0, 0.1) is 0 Å². The number of hydrogen-bond donors (Lipinski definition) is 2. The van der Waals surface area contributed by atoms with Gasteiger partial charge in [-0.05, 0) is 24.1 Å². The van der Waals surface area contributed by atoms with E-state index in [1.54, 1.807) is 0 Å². The Bertz CT molecular complexity index is 371. The van der Waals surface area contributed by atoms with E-state index >= 15 is 0 Å². The highest BCUT2D eigenvalue weighted by molar-refractivity contribution is 5.27. The molecule has 1 saturated heterocycles. The molecule has 1 aromatic rings. The third-order valence-corrected chi connectivity index (χ3v) is 3.26. The van der Waals surface area contributed by atoms with Crippen LogP contribution in [-0.4, -0.2) is 37.1 Å². The maximum atomic E-state index is 10.1. The zero-order valence-electron chi connectivity index (χ0n) is 11.5. The van der Waals surface area contributed by atoms with Gasteiger partial charge in [-0.2, -0.15) is 0 Å². The van der Waals surface area contributed by atoms with E-state index in [9.17, 15) is 5.11 Å². The zero-order chi connectivity index (χ0) is 13.6. The van der Waals surface area contributed by atoms with Crippen LogP contribution in [0.15, 0.2) is 24.3 Å². The third-order valence-electron chi connectivity index (χ3n) is 3.26. The predicted octanol–water partition coefficient (Wildman–Crippen LogP) is 1.72. The Morgan fingerprint density at radius 1 is 1.37 bits per heavy atom. The van der Waals surface area contributed by atoms with E-state index in [1.165, 1.54) is 5.56 Å². The molecule has 0 radical (unpaired) electrons. The highest BCUT2D eigenvalue weighted by Crippen LogP contribution is 2.17. The van der Waals surface area contributed by atoms with E-state index in [0.717, 1.165) is 25.3 Å². The van der Waals surface area contributed by atoms with Gasteiger partial charge in [-0.25, -0.2) is 0 Å². The summed E-state index contributed by atoms with van der Waals surface area (Å²) < 4.78 is 10.7. The quantitative estimate of drug-likeness (QED) is 0.788. The summed E-state index contributed by atoms with van der Waals surface area (Å²) in [5, 5.41) is 13.4. The van der Waals surface area contributed by atoms with Gasteiger partial charge < -0.3 is 19.9 Å². The van der Waals surface area contributed by atoms with Crippen LogP contribution >= 0.6 is 0 Å². The average molecular weight is 265 g/mol. The molecule has 0 bridgehead atoms. The molecule has 1 unspecified atom stereocenters. The SMILES string of the molecule is CCCOc1ccc(CNCC2(O)CCOC2)cc1. The van der Waals surface area contributed by atoms with Crippen molar-refractivity contribution in [1.82, 2.24) is 5.32 Å². The first-order chi connectivity index (χ1) is 9.22. The average Bonchev–Trinajstić information content (AvgIpc) is 2.85. The molecule has 4 heteroatoms. The monoisotopic (exact) mass is 265 g/mol. The van der Waals surface area contributed by atoms with Gasteiger partial charge in [0.15, 0.2) is 0 Å². The van der Waals surface area contributed by atoms with Gasteiger partial charge in [0.2, 0.25) is 0 Å². The van der Waals surface area contributed by atoms with Gasteiger partial charge >= 0.3 is 0 Å². The maximum absolute atomic E-state index is 10.1. The molecule has 0 saturated carbocycles. The smallest absolute Gasteiger partial charge is 0.119 e. The molecule has 0 amide bonds. The molecule has 1 heterocycles. The van der Waals surface area contributed by atoms with E-state index in [1.807, 2.05) is 24.3 Å². The Morgan fingerprint density at radius 3 is 2.79 bits per heavy atom. The summed E-state index contributed by atoms with van der Waals surface area (Å²) in [6.07, 6.45) is 1.73. The summed E-state index contributed by atoms with van der Waals surface area (Å²) >= 11 is 0. The summed E-state index contributed by atoms with van der Waals surface area (Å²) in [4.78, 5) is 0. The van der Waals surface area contributed by atoms with Gasteiger partial charge in [-0.15, -0.1) is 0 Å². The first-order valence-corrected chi connectivity index (χ1v) is 6.94. The third kappa shape index (κ3) is 4.49. The zero-order valence-corrected chi connectivity index (χ0v) is 11.5. The van der Waals surface area contributed by atoms with Crippen molar-refractivity contribution in [3.05, 3.63) is 29.8 Å². The van der Waals surface area contributed by atoms with E-state index in [0.29, 0.717) is 26.2 Å². The maximum Gasteiger partial charge on any atom is 0.119 e. The van der Waals surface area contributed by atoms with Gasteiger partial charge in [-0.3, -0.25) is 0 Å². The van der Waals surface area contributed by atoms with Crippen molar-refractivity contribution >= 4 is 0 Å². The topological polar surface area (TPSA) is 50.7 Å². The van der Waals surface area contributed by atoms with Crippen LogP contribution in [0.5, 0.6) is 5.75 Å². The fourth-order valence-corrected chi connectivity index (χ4v) is 2.10. The van der Waals surface area contributed by atoms with Crippen LogP contribution in [0.1, 0.15) is 25.3 Å². The molecule has 1 fully saturated rings.